The van der Waals surface area contributed by atoms with E-state index >= 15 is 0 Å². The molecule has 1 amide bonds. The Morgan fingerprint density at radius 1 is 1.03 bits per heavy atom. The molecule has 0 aliphatic carbocycles. The van der Waals surface area contributed by atoms with Gasteiger partial charge in [0.15, 0.2) is 0 Å². The van der Waals surface area contributed by atoms with Crippen molar-refractivity contribution in [1.82, 2.24) is 5.32 Å². The molecule has 0 atom stereocenters. The van der Waals surface area contributed by atoms with E-state index in [0.717, 1.165) is 27.6 Å². The maximum absolute atomic E-state index is 13.5. The van der Waals surface area contributed by atoms with Gasteiger partial charge in [0.2, 0.25) is 5.91 Å². The molecular weight excluding hydrogens is 500 g/mol. The first-order valence-electron chi connectivity index (χ1n) is 11.7. The summed E-state index contributed by atoms with van der Waals surface area (Å²) in [6, 6.07) is 18.9. The summed E-state index contributed by atoms with van der Waals surface area (Å²) in [6.45, 7) is 4.38. The Morgan fingerprint density at radius 2 is 1.75 bits per heavy atom. The van der Waals surface area contributed by atoms with Gasteiger partial charge in [0, 0.05) is 6.54 Å². The summed E-state index contributed by atoms with van der Waals surface area (Å²) in [7, 11) is -2.56. The molecule has 0 saturated heterocycles. The van der Waals surface area contributed by atoms with Crippen LogP contribution in [0.2, 0.25) is 5.02 Å². The largest absolute Gasteiger partial charge is 0.495 e. The van der Waals surface area contributed by atoms with Gasteiger partial charge < -0.3 is 14.8 Å². The number of aryl methyl sites for hydroxylation is 2. The van der Waals surface area contributed by atoms with Crippen molar-refractivity contribution in [2.75, 3.05) is 31.1 Å². The van der Waals surface area contributed by atoms with Gasteiger partial charge in [0.1, 0.15) is 18.0 Å². The van der Waals surface area contributed by atoms with Crippen LogP contribution < -0.4 is 19.1 Å². The van der Waals surface area contributed by atoms with E-state index in [1.165, 1.54) is 25.3 Å². The third-order valence-electron chi connectivity index (χ3n) is 5.54. The first-order valence-corrected chi connectivity index (χ1v) is 13.5. The van der Waals surface area contributed by atoms with Crippen LogP contribution in [0.1, 0.15) is 24.5 Å². The van der Waals surface area contributed by atoms with E-state index in [1.807, 2.05) is 38.1 Å². The summed E-state index contributed by atoms with van der Waals surface area (Å²) in [4.78, 5) is 12.9. The number of nitrogens with one attached hydrogen (secondary N) is 1. The average Bonchev–Trinajstić information content (AvgIpc) is 2.86. The number of sulfonamides is 1. The standard InChI is InChI=1S/C27H31ClN2O5S/c1-4-35-25-10-6-5-8-21(25)9-7-17-29-27(31)19-30(22-13-16-26(34-3)24(28)18-22)36(32,33)23-14-11-20(2)12-15-23/h5-6,8,10-16,18H,4,7,9,17,19H2,1-3H3,(H,29,31). The summed E-state index contributed by atoms with van der Waals surface area (Å²) in [6.07, 6.45) is 1.39. The van der Waals surface area contributed by atoms with E-state index in [-0.39, 0.29) is 15.6 Å². The highest BCUT2D eigenvalue weighted by Crippen LogP contribution is 2.32. The molecule has 1 N–H and O–H groups in total. The van der Waals surface area contributed by atoms with Gasteiger partial charge >= 0.3 is 0 Å². The number of nitrogens with zero attached hydrogens (tertiary/aromatic N) is 1. The molecule has 0 heterocycles. The van der Waals surface area contributed by atoms with E-state index in [9.17, 15) is 13.2 Å². The van der Waals surface area contributed by atoms with Crippen molar-refractivity contribution in [2.24, 2.45) is 0 Å². The van der Waals surface area contributed by atoms with Crippen LogP contribution in [0.25, 0.3) is 0 Å². The molecule has 9 heteroatoms. The van der Waals surface area contributed by atoms with E-state index in [0.29, 0.717) is 25.3 Å². The number of carbonyl (C=O) groups excluding carboxylic acids is 1. The van der Waals surface area contributed by atoms with E-state index in [2.05, 4.69) is 5.32 Å². The second-order valence-electron chi connectivity index (χ2n) is 8.14. The van der Waals surface area contributed by atoms with Crippen LogP contribution >= 0.6 is 11.6 Å². The Bertz CT molecular complexity index is 1280. The van der Waals surface area contributed by atoms with Crippen LogP contribution in [0.5, 0.6) is 11.5 Å². The number of halogens is 1. The molecule has 0 aliphatic heterocycles. The summed E-state index contributed by atoms with van der Waals surface area (Å²) in [5.74, 6) is 0.818. The molecule has 7 nitrogen and oxygen atoms in total. The molecule has 0 radical (unpaired) electrons. The zero-order chi connectivity index (χ0) is 26.1. The molecule has 0 saturated carbocycles. The zero-order valence-corrected chi connectivity index (χ0v) is 22.2. The van der Waals surface area contributed by atoms with Gasteiger partial charge in [-0.2, -0.15) is 0 Å². The number of para-hydroxylation sites is 1. The topological polar surface area (TPSA) is 84.9 Å². The monoisotopic (exact) mass is 530 g/mol. The maximum Gasteiger partial charge on any atom is 0.264 e. The number of carbonyl (C=O) groups is 1. The molecule has 192 valence electrons. The highest BCUT2D eigenvalue weighted by atomic mass is 35.5. The van der Waals surface area contributed by atoms with Crippen molar-refractivity contribution in [3.8, 4) is 11.5 Å². The summed E-state index contributed by atoms with van der Waals surface area (Å²) in [5.41, 5.74) is 2.25. The van der Waals surface area contributed by atoms with Crippen LogP contribution in [-0.2, 0) is 21.2 Å². The van der Waals surface area contributed by atoms with Gasteiger partial charge in [0.05, 0.1) is 29.3 Å². The van der Waals surface area contributed by atoms with Crippen LogP contribution in [0, 0.1) is 6.92 Å². The van der Waals surface area contributed by atoms with Gasteiger partial charge in [-0.1, -0.05) is 47.5 Å². The third kappa shape index (κ3) is 6.92. The minimum atomic E-state index is -4.03. The SMILES string of the molecule is CCOc1ccccc1CCCNC(=O)CN(c1ccc(OC)c(Cl)c1)S(=O)(=O)c1ccc(C)cc1. The van der Waals surface area contributed by atoms with Gasteiger partial charge in [-0.15, -0.1) is 0 Å². The van der Waals surface area contributed by atoms with Crippen molar-refractivity contribution in [2.45, 2.75) is 31.6 Å². The number of anilines is 1. The fourth-order valence-corrected chi connectivity index (χ4v) is 5.33. The van der Waals surface area contributed by atoms with E-state index in [4.69, 9.17) is 21.1 Å². The normalized spacial score (nSPS) is 11.1. The smallest absolute Gasteiger partial charge is 0.264 e. The molecule has 0 aliphatic rings. The molecule has 3 aromatic rings. The Morgan fingerprint density at radius 3 is 2.42 bits per heavy atom. The minimum absolute atomic E-state index is 0.0837. The number of hydrogen-bond donors (Lipinski definition) is 1. The summed E-state index contributed by atoms with van der Waals surface area (Å²) in [5, 5.41) is 3.07. The van der Waals surface area contributed by atoms with Crippen molar-refractivity contribution < 1.29 is 22.7 Å². The van der Waals surface area contributed by atoms with Gasteiger partial charge in [-0.05, 0) is 68.7 Å². The lowest BCUT2D eigenvalue weighted by atomic mass is 10.1. The fourth-order valence-electron chi connectivity index (χ4n) is 3.66. The lowest BCUT2D eigenvalue weighted by molar-refractivity contribution is -0.119. The molecule has 3 aromatic carbocycles. The van der Waals surface area contributed by atoms with Crippen molar-refractivity contribution >= 4 is 33.2 Å². The van der Waals surface area contributed by atoms with Crippen molar-refractivity contribution in [3.05, 3.63) is 82.9 Å². The second kappa shape index (κ2) is 12.6. The predicted octanol–water partition coefficient (Wildman–Crippen LogP) is 5.00. The molecule has 0 unspecified atom stereocenters. The maximum atomic E-state index is 13.5. The number of rotatable bonds is 12. The zero-order valence-electron chi connectivity index (χ0n) is 20.7. The molecular formula is C27H31ClN2O5S. The summed E-state index contributed by atoms with van der Waals surface area (Å²) < 4.78 is 38.9. The quantitative estimate of drug-likeness (QED) is 0.333. The molecule has 0 bridgehead atoms. The number of ether oxygens (including phenoxy) is 2. The van der Waals surface area contributed by atoms with E-state index < -0.39 is 22.5 Å². The third-order valence-corrected chi connectivity index (χ3v) is 7.62. The highest BCUT2D eigenvalue weighted by Gasteiger charge is 2.27. The minimum Gasteiger partial charge on any atom is -0.495 e. The van der Waals surface area contributed by atoms with Crippen molar-refractivity contribution in [1.29, 1.82) is 0 Å². The van der Waals surface area contributed by atoms with Crippen LogP contribution in [0.15, 0.2) is 71.6 Å². The Hall–Kier alpha value is -3.23. The Labute approximate surface area is 218 Å². The molecule has 0 spiro atoms. The number of hydrogen-bond acceptors (Lipinski definition) is 5. The average molecular weight is 531 g/mol. The lowest BCUT2D eigenvalue weighted by Gasteiger charge is -2.24. The number of methoxy groups -OCH3 is 1. The molecule has 0 aromatic heterocycles. The van der Waals surface area contributed by atoms with Crippen molar-refractivity contribution in [3.63, 3.8) is 0 Å². The summed E-state index contributed by atoms with van der Waals surface area (Å²) >= 11 is 6.27. The molecule has 0 fully saturated rings. The lowest BCUT2D eigenvalue weighted by Crippen LogP contribution is -2.41. The number of amides is 1. The van der Waals surface area contributed by atoms with Crippen LogP contribution in [-0.4, -0.2) is 41.1 Å². The first-order chi connectivity index (χ1) is 17.3. The number of benzene rings is 3. The first kappa shape index (κ1) is 27.4. The van der Waals surface area contributed by atoms with Crippen LogP contribution in [0.4, 0.5) is 5.69 Å². The van der Waals surface area contributed by atoms with E-state index in [1.54, 1.807) is 24.3 Å². The van der Waals surface area contributed by atoms with Crippen LogP contribution in [0.3, 0.4) is 0 Å². The second-order valence-corrected chi connectivity index (χ2v) is 10.4. The molecule has 3 rings (SSSR count). The van der Waals surface area contributed by atoms with Gasteiger partial charge in [-0.25, -0.2) is 8.42 Å². The Kier molecular flexibility index (Phi) is 9.61. The van der Waals surface area contributed by atoms with Gasteiger partial charge in [-0.3, -0.25) is 9.10 Å². The molecule has 36 heavy (non-hydrogen) atoms. The highest BCUT2D eigenvalue weighted by molar-refractivity contribution is 7.92. The Balaban J connectivity index is 1.74. The van der Waals surface area contributed by atoms with Gasteiger partial charge in [0.25, 0.3) is 10.0 Å². The fraction of sp³-hybridized carbons (Fsp3) is 0.296. The predicted molar refractivity (Wildman–Crippen MR) is 143 cm³/mol.